The zero-order valence-electron chi connectivity index (χ0n) is 14.9. The lowest BCUT2D eigenvalue weighted by atomic mass is 9.78. The van der Waals surface area contributed by atoms with Crippen molar-refractivity contribution in [2.75, 3.05) is 13.2 Å². The van der Waals surface area contributed by atoms with Gasteiger partial charge in [0.05, 0.1) is 12.2 Å². The highest BCUT2D eigenvalue weighted by Crippen LogP contribution is 2.39. The number of likely N-dealkylation sites (tertiary alicyclic amines) is 1. The molecule has 1 saturated heterocycles. The second-order valence-electron chi connectivity index (χ2n) is 7.75. The van der Waals surface area contributed by atoms with Crippen molar-refractivity contribution in [3.63, 3.8) is 0 Å². The summed E-state index contributed by atoms with van der Waals surface area (Å²) in [5.41, 5.74) is 1.33. The Bertz CT molecular complexity index is 547. The quantitative estimate of drug-likeness (QED) is 0.866. The molecule has 1 aliphatic rings. The van der Waals surface area contributed by atoms with Crippen LogP contribution in [0.5, 0.6) is 0 Å². The number of carbonyl (C=O) groups is 1. The molecule has 0 radical (unpaired) electrons. The van der Waals surface area contributed by atoms with Gasteiger partial charge in [0.25, 0.3) is 0 Å². The molecule has 0 spiro atoms. The second kappa shape index (κ2) is 6.62. The summed E-state index contributed by atoms with van der Waals surface area (Å²) in [6.07, 6.45) is 1.43. The highest BCUT2D eigenvalue weighted by atomic mass is 16.5. The van der Waals surface area contributed by atoms with E-state index in [1.165, 1.54) is 0 Å². The van der Waals surface area contributed by atoms with Gasteiger partial charge in [-0.15, -0.1) is 0 Å². The third-order valence-electron chi connectivity index (χ3n) is 4.88. The number of rotatable bonds is 4. The van der Waals surface area contributed by atoms with Gasteiger partial charge in [0.15, 0.2) is 0 Å². The summed E-state index contributed by atoms with van der Waals surface area (Å²) in [4.78, 5) is 14.8. The zero-order valence-corrected chi connectivity index (χ0v) is 14.9. The van der Waals surface area contributed by atoms with E-state index >= 15 is 0 Å². The molecule has 4 nitrogen and oxygen atoms in total. The molecule has 4 heteroatoms. The number of hydrogen-bond acceptors (Lipinski definition) is 4. The lowest BCUT2D eigenvalue weighted by Gasteiger charge is -2.54. The molecular formula is C19H29NO3. The van der Waals surface area contributed by atoms with E-state index in [4.69, 9.17) is 4.74 Å². The summed E-state index contributed by atoms with van der Waals surface area (Å²) in [5.74, 6) is -0.240. The fourth-order valence-corrected chi connectivity index (χ4v) is 4.03. The third-order valence-corrected chi connectivity index (χ3v) is 4.88. The highest BCUT2D eigenvalue weighted by molar-refractivity contribution is 5.91. The summed E-state index contributed by atoms with van der Waals surface area (Å²) in [6, 6.07) is 7.52. The number of benzene rings is 1. The van der Waals surface area contributed by atoms with Crippen LogP contribution < -0.4 is 0 Å². The number of esters is 1. The minimum absolute atomic E-state index is 0.109. The summed E-state index contributed by atoms with van der Waals surface area (Å²) in [5, 5.41) is 9.35. The van der Waals surface area contributed by atoms with Crippen molar-refractivity contribution in [2.24, 2.45) is 0 Å². The number of hydrogen-bond donors (Lipinski definition) is 1. The molecule has 0 saturated carbocycles. The van der Waals surface area contributed by atoms with Crippen molar-refractivity contribution < 1.29 is 14.6 Å². The van der Waals surface area contributed by atoms with Crippen molar-refractivity contribution in [3.8, 4) is 0 Å². The Kier molecular flexibility index (Phi) is 5.17. The van der Waals surface area contributed by atoms with Crippen LogP contribution in [0.15, 0.2) is 24.3 Å². The van der Waals surface area contributed by atoms with E-state index in [9.17, 15) is 9.90 Å². The molecular weight excluding hydrogens is 290 g/mol. The molecule has 1 fully saturated rings. The van der Waals surface area contributed by atoms with Crippen LogP contribution in [0.1, 0.15) is 56.5 Å². The number of piperidine rings is 1. The average molecular weight is 319 g/mol. The van der Waals surface area contributed by atoms with Gasteiger partial charge in [-0.3, -0.25) is 4.90 Å². The van der Waals surface area contributed by atoms with Gasteiger partial charge >= 0.3 is 5.97 Å². The number of carbonyl (C=O) groups excluding carboxylic acids is 1. The average Bonchev–Trinajstić information content (AvgIpc) is 2.42. The van der Waals surface area contributed by atoms with E-state index in [1.54, 1.807) is 0 Å². The molecule has 2 rings (SSSR count). The van der Waals surface area contributed by atoms with Crippen LogP contribution in [0.25, 0.3) is 0 Å². The van der Waals surface area contributed by atoms with Gasteiger partial charge in [-0.05, 0) is 46.2 Å². The summed E-state index contributed by atoms with van der Waals surface area (Å²) < 4.78 is 5.83. The SMILES string of the molecule is Cc1ccccc1C(=O)OC1CC(C)(C)N(CCO)C(C)(C)C1. The molecule has 1 aliphatic heterocycles. The normalized spacial score (nSPS) is 21.1. The number of nitrogens with zero attached hydrogens (tertiary/aromatic N) is 1. The first-order valence-electron chi connectivity index (χ1n) is 8.32. The summed E-state index contributed by atoms with van der Waals surface area (Å²) in [7, 11) is 0. The largest absolute Gasteiger partial charge is 0.459 e. The molecule has 0 amide bonds. The van der Waals surface area contributed by atoms with E-state index in [1.807, 2.05) is 31.2 Å². The van der Waals surface area contributed by atoms with Gasteiger partial charge in [-0.1, -0.05) is 18.2 Å². The maximum absolute atomic E-state index is 12.5. The second-order valence-corrected chi connectivity index (χ2v) is 7.75. The summed E-state index contributed by atoms with van der Waals surface area (Å²) in [6.45, 7) is 11.3. The number of aliphatic hydroxyl groups is 1. The van der Waals surface area contributed by atoms with Crippen LogP contribution in [0.2, 0.25) is 0 Å². The lowest BCUT2D eigenvalue weighted by Crippen LogP contribution is -2.62. The van der Waals surface area contributed by atoms with Crippen LogP contribution >= 0.6 is 0 Å². The molecule has 0 aromatic heterocycles. The van der Waals surface area contributed by atoms with Crippen molar-refractivity contribution in [2.45, 2.75) is 64.6 Å². The first kappa shape index (κ1) is 18.0. The zero-order chi connectivity index (χ0) is 17.3. The number of aliphatic hydroxyl groups excluding tert-OH is 1. The topological polar surface area (TPSA) is 49.8 Å². The van der Waals surface area contributed by atoms with Gasteiger partial charge in [0.1, 0.15) is 6.10 Å². The minimum Gasteiger partial charge on any atom is -0.459 e. The van der Waals surface area contributed by atoms with Gasteiger partial charge in [-0.2, -0.15) is 0 Å². The number of aryl methyl sites for hydroxylation is 1. The van der Waals surface area contributed by atoms with Gasteiger partial charge in [0, 0.05) is 30.5 Å². The number of β-amino-alcohol motifs (C(OH)–C–C–N with tert-alkyl or cyclic N) is 1. The molecule has 23 heavy (non-hydrogen) atoms. The molecule has 1 heterocycles. The van der Waals surface area contributed by atoms with Crippen LogP contribution in [-0.4, -0.2) is 46.3 Å². The van der Waals surface area contributed by atoms with E-state index in [-0.39, 0.29) is 29.8 Å². The van der Waals surface area contributed by atoms with Crippen LogP contribution in [-0.2, 0) is 4.74 Å². The Morgan fingerprint density at radius 2 is 1.78 bits per heavy atom. The molecule has 1 N–H and O–H groups in total. The predicted octanol–water partition coefficient (Wildman–Crippen LogP) is 3.17. The molecule has 1 aromatic rings. The maximum Gasteiger partial charge on any atom is 0.338 e. The third kappa shape index (κ3) is 3.93. The van der Waals surface area contributed by atoms with Crippen LogP contribution in [0, 0.1) is 6.92 Å². The summed E-state index contributed by atoms with van der Waals surface area (Å²) >= 11 is 0. The van der Waals surface area contributed by atoms with Gasteiger partial charge in [0.2, 0.25) is 0 Å². The Labute approximate surface area is 139 Å². The Balaban J connectivity index is 2.14. The minimum atomic E-state index is -0.240. The first-order valence-corrected chi connectivity index (χ1v) is 8.32. The Morgan fingerprint density at radius 3 is 2.30 bits per heavy atom. The smallest absolute Gasteiger partial charge is 0.338 e. The van der Waals surface area contributed by atoms with E-state index in [2.05, 4.69) is 32.6 Å². The first-order chi connectivity index (χ1) is 10.7. The fourth-order valence-electron chi connectivity index (χ4n) is 4.03. The van der Waals surface area contributed by atoms with E-state index < -0.39 is 0 Å². The van der Waals surface area contributed by atoms with E-state index in [0.29, 0.717) is 12.1 Å². The molecule has 0 unspecified atom stereocenters. The van der Waals surface area contributed by atoms with Crippen molar-refractivity contribution in [3.05, 3.63) is 35.4 Å². The number of ether oxygens (including phenoxy) is 1. The van der Waals surface area contributed by atoms with Crippen LogP contribution in [0.3, 0.4) is 0 Å². The predicted molar refractivity (Wildman–Crippen MR) is 91.6 cm³/mol. The lowest BCUT2D eigenvalue weighted by molar-refractivity contribution is -0.0916. The standard InChI is InChI=1S/C19H29NO3/c1-14-8-6-7-9-16(14)17(22)23-15-12-18(2,3)20(10-11-21)19(4,5)13-15/h6-9,15,21H,10-13H2,1-5H3. The Hall–Kier alpha value is -1.39. The van der Waals surface area contributed by atoms with Crippen molar-refractivity contribution in [1.29, 1.82) is 0 Å². The molecule has 0 atom stereocenters. The molecule has 128 valence electrons. The van der Waals surface area contributed by atoms with Crippen LogP contribution in [0.4, 0.5) is 0 Å². The molecule has 0 bridgehead atoms. The van der Waals surface area contributed by atoms with E-state index in [0.717, 1.165) is 18.4 Å². The Morgan fingerprint density at radius 1 is 1.22 bits per heavy atom. The van der Waals surface area contributed by atoms with Crippen molar-refractivity contribution >= 4 is 5.97 Å². The fraction of sp³-hybridized carbons (Fsp3) is 0.632. The molecule has 0 aliphatic carbocycles. The van der Waals surface area contributed by atoms with Gasteiger partial charge in [-0.25, -0.2) is 4.79 Å². The van der Waals surface area contributed by atoms with Crippen molar-refractivity contribution in [1.82, 2.24) is 4.90 Å². The molecule has 1 aromatic carbocycles. The monoisotopic (exact) mass is 319 g/mol. The maximum atomic E-state index is 12.5. The highest BCUT2D eigenvalue weighted by Gasteiger charge is 2.46. The van der Waals surface area contributed by atoms with Gasteiger partial charge < -0.3 is 9.84 Å².